The van der Waals surface area contributed by atoms with E-state index in [1.807, 2.05) is 24.3 Å². The van der Waals surface area contributed by atoms with Crippen LogP contribution in [0.4, 0.5) is 0 Å². The van der Waals surface area contributed by atoms with Crippen molar-refractivity contribution in [1.29, 1.82) is 0 Å². The molecule has 1 aliphatic heterocycles. The quantitative estimate of drug-likeness (QED) is 0.661. The zero-order valence-corrected chi connectivity index (χ0v) is 15.0. The van der Waals surface area contributed by atoms with E-state index in [-0.39, 0.29) is 0 Å². The second-order valence-electron chi connectivity index (χ2n) is 6.28. The van der Waals surface area contributed by atoms with E-state index in [1.54, 1.807) is 0 Å². The fourth-order valence-electron chi connectivity index (χ4n) is 3.57. The Morgan fingerprint density at radius 2 is 1.42 bits per heavy atom. The summed E-state index contributed by atoms with van der Waals surface area (Å²) in [5.74, 6) is 0. The first-order chi connectivity index (χ1) is 11.7. The van der Waals surface area contributed by atoms with Crippen LogP contribution in [0.1, 0.15) is 6.42 Å². The van der Waals surface area contributed by atoms with Crippen LogP contribution in [0.25, 0.3) is 21.8 Å². The van der Waals surface area contributed by atoms with E-state index < -0.39 is 0 Å². The van der Waals surface area contributed by atoms with E-state index in [9.17, 15) is 0 Å². The summed E-state index contributed by atoms with van der Waals surface area (Å²) >= 11 is 12.4. The Balaban J connectivity index is 1.65. The maximum Gasteiger partial charge on any atom is 0.0594 e. The Labute approximate surface area is 151 Å². The van der Waals surface area contributed by atoms with Gasteiger partial charge in [-0.15, -0.1) is 0 Å². The van der Waals surface area contributed by atoms with Crippen LogP contribution in [-0.4, -0.2) is 42.3 Å². The van der Waals surface area contributed by atoms with Crippen molar-refractivity contribution in [1.82, 2.24) is 9.47 Å². The van der Waals surface area contributed by atoms with Crippen LogP contribution < -0.4 is 0 Å². The molecule has 0 unspecified atom stereocenters. The summed E-state index contributed by atoms with van der Waals surface area (Å²) in [5.41, 5.74) is 2.44. The van der Waals surface area contributed by atoms with Crippen molar-refractivity contribution < 1.29 is 4.74 Å². The molecule has 0 radical (unpaired) electrons. The maximum atomic E-state index is 6.21. The van der Waals surface area contributed by atoms with Crippen molar-refractivity contribution in [3.63, 3.8) is 0 Å². The van der Waals surface area contributed by atoms with E-state index in [0.717, 1.165) is 55.9 Å². The molecule has 0 saturated carbocycles. The molecule has 1 aliphatic rings. The molecular weight excluding hydrogens is 343 g/mol. The average molecular weight is 363 g/mol. The number of morpholine rings is 1. The molecule has 0 amide bonds. The fraction of sp³-hybridized carbons (Fsp3) is 0.368. The number of fused-ring (bicyclic) bond motifs is 3. The van der Waals surface area contributed by atoms with Crippen molar-refractivity contribution in [3.05, 3.63) is 46.4 Å². The summed E-state index contributed by atoms with van der Waals surface area (Å²) in [4.78, 5) is 2.48. The zero-order valence-electron chi connectivity index (χ0n) is 13.5. The lowest BCUT2D eigenvalue weighted by Gasteiger charge is -2.26. The summed E-state index contributed by atoms with van der Waals surface area (Å²) in [5, 5.41) is 3.86. The molecule has 1 fully saturated rings. The largest absolute Gasteiger partial charge is 0.379 e. The minimum atomic E-state index is 0.759. The lowest BCUT2D eigenvalue weighted by Crippen LogP contribution is -2.37. The Hall–Kier alpha value is -1.26. The first kappa shape index (κ1) is 16.2. The van der Waals surface area contributed by atoms with Gasteiger partial charge in [-0.25, -0.2) is 0 Å². The van der Waals surface area contributed by atoms with Crippen molar-refractivity contribution in [3.8, 4) is 0 Å². The summed E-state index contributed by atoms with van der Waals surface area (Å²) in [6.45, 7) is 5.88. The topological polar surface area (TPSA) is 17.4 Å². The van der Waals surface area contributed by atoms with Gasteiger partial charge in [-0.05, 0) is 42.8 Å². The molecule has 0 bridgehead atoms. The second-order valence-corrected chi connectivity index (χ2v) is 7.16. The van der Waals surface area contributed by atoms with Gasteiger partial charge in [-0.1, -0.05) is 23.2 Å². The first-order valence-corrected chi connectivity index (χ1v) is 9.15. The van der Waals surface area contributed by atoms with Gasteiger partial charge in [-0.2, -0.15) is 0 Å². The number of nitrogens with zero attached hydrogens (tertiary/aromatic N) is 2. The number of hydrogen-bond acceptors (Lipinski definition) is 2. The van der Waals surface area contributed by atoms with Gasteiger partial charge in [0.25, 0.3) is 0 Å². The Morgan fingerprint density at radius 1 is 0.833 bits per heavy atom. The highest BCUT2D eigenvalue weighted by atomic mass is 35.5. The molecule has 0 aliphatic carbocycles. The van der Waals surface area contributed by atoms with Crippen LogP contribution >= 0.6 is 23.2 Å². The molecule has 1 saturated heterocycles. The SMILES string of the molecule is Clc1ccc2c(c1)c1cc(Cl)ccc1n2CCCN1CCOCC1. The van der Waals surface area contributed by atoms with Crippen LogP contribution in [0.2, 0.25) is 10.0 Å². The third-order valence-corrected chi connectivity index (χ3v) is 5.22. The number of hydrogen-bond donors (Lipinski definition) is 0. The highest BCUT2D eigenvalue weighted by molar-refractivity contribution is 6.33. The normalized spacial score (nSPS) is 16.2. The molecule has 2 aromatic carbocycles. The maximum absolute atomic E-state index is 6.21. The first-order valence-electron chi connectivity index (χ1n) is 8.39. The number of benzene rings is 2. The summed E-state index contributed by atoms with van der Waals surface area (Å²) < 4.78 is 7.80. The van der Waals surface area contributed by atoms with E-state index in [2.05, 4.69) is 21.6 Å². The van der Waals surface area contributed by atoms with Gasteiger partial charge < -0.3 is 9.30 Å². The number of rotatable bonds is 4. The van der Waals surface area contributed by atoms with E-state index in [4.69, 9.17) is 27.9 Å². The van der Waals surface area contributed by atoms with Crippen molar-refractivity contribution >= 4 is 45.0 Å². The van der Waals surface area contributed by atoms with Gasteiger partial charge in [-0.3, -0.25) is 4.90 Å². The van der Waals surface area contributed by atoms with Crippen LogP contribution in [0.15, 0.2) is 36.4 Å². The Morgan fingerprint density at radius 3 is 2.00 bits per heavy atom. The van der Waals surface area contributed by atoms with Crippen LogP contribution in [-0.2, 0) is 11.3 Å². The van der Waals surface area contributed by atoms with Gasteiger partial charge in [0.1, 0.15) is 0 Å². The van der Waals surface area contributed by atoms with Crippen molar-refractivity contribution in [2.75, 3.05) is 32.8 Å². The van der Waals surface area contributed by atoms with Crippen molar-refractivity contribution in [2.45, 2.75) is 13.0 Å². The van der Waals surface area contributed by atoms with Gasteiger partial charge in [0.15, 0.2) is 0 Å². The monoisotopic (exact) mass is 362 g/mol. The van der Waals surface area contributed by atoms with Crippen molar-refractivity contribution in [2.24, 2.45) is 0 Å². The molecule has 5 heteroatoms. The molecular formula is C19H20Cl2N2O. The minimum absolute atomic E-state index is 0.759. The van der Waals surface area contributed by atoms with E-state index in [1.165, 1.54) is 21.8 Å². The number of ether oxygens (including phenoxy) is 1. The predicted molar refractivity (Wildman–Crippen MR) is 101 cm³/mol. The molecule has 126 valence electrons. The molecule has 3 nitrogen and oxygen atoms in total. The van der Waals surface area contributed by atoms with E-state index >= 15 is 0 Å². The number of halogens is 2. The summed E-state index contributed by atoms with van der Waals surface area (Å²) in [6.07, 6.45) is 1.12. The fourth-order valence-corrected chi connectivity index (χ4v) is 3.91. The molecule has 4 rings (SSSR count). The van der Waals surface area contributed by atoms with Crippen LogP contribution in [0.3, 0.4) is 0 Å². The number of aryl methyl sites for hydroxylation is 1. The van der Waals surface area contributed by atoms with Gasteiger partial charge in [0, 0.05) is 58.0 Å². The molecule has 0 spiro atoms. The van der Waals surface area contributed by atoms with Gasteiger partial charge in [0.05, 0.1) is 13.2 Å². The standard InChI is InChI=1S/C19H20Cl2N2O/c20-14-2-4-18-16(12-14)17-13-15(21)3-5-19(17)23(18)7-1-6-22-8-10-24-11-9-22/h2-5,12-13H,1,6-11H2. The summed E-state index contributed by atoms with van der Waals surface area (Å²) in [7, 11) is 0. The smallest absolute Gasteiger partial charge is 0.0594 e. The van der Waals surface area contributed by atoms with E-state index in [0.29, 0.717) is 0 Å². The lowest BCUT2D eigenvalue weighted by molar-refractivity contribution is 0.0370. The third kappa shape index (κ3) is 3.14. The molecule has 0 atom stereocenters. The molecule has 2 heterocycles. The molecule has 3 aromatic rings. The highest BCUT2D eigenvalue weighted by Crippen LogP contribution is 2.33. The van der Waals surface area contributed by atoms with Gasteiger partial charge >= 0.3 is 0 Å². The minimum Gasteiger partial charge on any atom is -0.379 e. The molecule has 1 aromatic heterocycles. The lowest BCUT2D eigenvalue weighted by atomic mass is 10.1. The summed E-state index contributed by atoms with van der Waals surface area (Å²) in [6, 6.07) is 12.2. The van der Waals surface area contributed by atoms with Crippen LogP contribution in [0.5, 0.6) is 0 Å². The number of aromatic nitrogens is 1. The molecule has 0 N–H and O–H groups in total. The third-order valence-electron chi connectivity index (χ3n) is 4.75. The van der Waals surface area contributed by atoms with Gasteiger partial charge in [0.2, 0.25) is 0 Å². The predicted octanol–water partition coefficient (Wildman–Crippen LogP) is 4.82. The Kier molecular flexibility index (Phi) is 4.68. The Bertz CT molecular complexity index is 809. The molecule has 24 heavy (non-hydrogen) atoms. The highest BCUT2D eigenvalue weighted by Gasteiger charge is 2.13. The van der Waals surface area contributed by atoms with Crippen LogP contribution in [0, 0.1) is 0 Å². The second kappa shape index (κ2) is 6.93. The zero-order chi connectivity index (χ0) is 16.5. The average Bonchev–Trinajstić information content (AvgIpc) is 2.89.